The minimum Gasteiger partial charge on any atom is -0.466 e. The summed E-state index contributed by atoms with van der Waals surface area (Å²) < 4.78 is 10.8. The molecule has 3 rings (SSSR count). The van der Waals surface area contributed by atoms with Gasteiger partial charge in [0.15, 0.2) is 6.10 Å². The maximum absolute atomic E-state index is 12.7. The minimum absolute atomic E-state index is 0.126. The quantitative estimate of drug-likeness (QED) is 0.754. The van der Waals surface area contributed by atoms with Crippen molar-refractivity contribution < 1.29 is 23.5 Å². The first kappa shape index (κ1) is 20.8. The summed E-state index contributed by atoms with van der Waals surface area (Å²) in [6.07, 6.45) is 4.98. The number of hydrogen-bond donors (Lipinski definition) is 1. The second kappa shape index (κ2) is 9.03. The summed E-state index contributed by atoms with van der Waals surface area (Å²) >= 11 is 1.45. The van der Waals surface area contributed by atoms with Crippen molar-refractivity contribution in [2.75, 3.05) is 5.75 Å². The Bertz CT molecular complexity index is 707. The van der Waals surface area contributed by atoms with Crippen LogP contribution >= 0.6 is 11.8 Å². The van der Waals surface area contributed by atoms with Gasteiger partial charge in [0.1, 0.15) is 17.2 Å². The van der Waals surface area contributed by atoms with Crippen molar-refractivity contribution in [1.82, 2.24) is 10.2 Å². The Kier molecular flexibility index (Phi) is 6.69. The van der Waals surface area contributed by atoms with Crippen LogP contribution in [-0.4, -0.2) is 46.6 Å². The van der Waals surface area contributed by atoms with Gasteiger partial charge in [0.25, 0.3) is 5.91 Å². The molecule has 8 heteroatoms. The van der Waals surface area contributed by atoms with E-state index < -0.39 is 18.1 Å². The van der Waals surface area contributed by atoms with E-state index in [4.69, 9.17) is 9.15 Å². The van der Waals surface area contributed by atoms with Gasteiger partial charge in [0.2, 0.25) is 5.91 Å². The van der Waals surface area contributed by atoms with Crippen LogP contribution in [0.15, 0.2) is 22.8 Å². The molecule has 0 aromatic carbocycles. The average molecular weight is 409 g/mol. The van der Waals surface area contributed by atoms with Gasteiger partial charge < -0.3 is 19.4 Å². The van der Waals surface area contributed by atoms with Crippen LogP contribution in [0.4, 0.5) is 0 Å². The van der Waals surface area contributed by atoms with Gasteiger partial charge in [0, 0.05) is 18.7 Å². The summed E-state index contributed by atoms with van der Waals surface area (Å²) in [7, 11) is 0. The van der Waals surface area contributed by atoms with Gasteiger partial charge in [-0.15, -0.1) is 11.8 Å². The molecule has 1 aliphatic carbocycles. The van der Waals surface area contributed by atoms with E-state index in [2.05, 4.69) is 12.2 Å². The van der Waals surface area contributed by atoms with E-state index in [0.29, 0.717) is 17.4 Å². The number of nitrogens with one attached hydrogen (secondary N) is 1. The summed E-state index contributed by atoms with van der Waals surface area (Å²) in [5.41, 5.74) is 0. The Hall–Kier alpha value is -1.96. The molecule has 2 heterocycles. The van der Waals surface area contributed by atoms with Crippen molar-refractivity contribution in [3.8, 4) is 0 Å². The monoisotopic (exact) mass is 408 g/mol. The number of esters is 1. The summed E-state index contributed by atoms with van der Waals surface area (Å²) in [6.45, 7) is 5.13. The van der Waals surface area contributed by atoms with Crippen molar-refractivity contribution in [3.63, 3.8) is 0 Å². The highest BCUT2D eigenvalue weighted by Crippen LogP contribution is 2.41. The Morgan fingerprint density at radius 3 is 2.71 bits per heavy atom. The fourth-order valence-electron chi connectivity index (χ4n) is 3.86. The zero-order valence-corrected chi connectivity index (χ0v) is 17.4. The van der Waals surface area contributed by atoms with Gasteiger partial charge in [0.05, 0.1) is 6.26 Å². The number of hydrogen-bond acceptors (Lipinski definition) is 6. The molecule has 0 spiro atoms. The van der Waals surface area contributed by atoms with Crippen LogP contribution in [0.3, 0.4) is 0 Å². The number of amides is 2. The van der Waals surface area contributed by atoms with E-state index in [-0.39, 0.29) is 23.2 Å². The van der Waals surface area contributed by atoms with Crippen molar-refractivity contribution in [2.24, 2.45) is 5.92 Å². The summed E-state index contributed by atoms with van der Waals surface area (Å²) in [5, 5.41) is 2.65. The zero-order chi connectivity index (χ0) is 20.3. The molecule has 1 saturated heterocycles. The number of ether oxygens (including phenoxy) is 1. The molecule has 7 nitrogen and oxygen atoms in total. The van der Waals surface area contributed by atoms with Crippen LogP contribution in [0, 0.1) is 5.92 Å². The van der Waals surface area contributed by atoms with E-state index in [1.54, 1.807) is 25.3 Å². The van der Waals surface area contributed by atoms with Gasteiger partial charge in [-0.1, -0.05) is 19.8 Å². The topological polar surface area (TPSA) is 88.8 Å². The summed E-state index contributed by atoms with van der Waals surface area (Å²) in [5.74, 6) is 0.367. The Balaban J connectivity index is 1.59. The van der Waals surface area contributed by atoms with Crippen LogP contribution in [-0.2, 0) is 19.1 Å². The number of carbonyl (C=O) groups is 3. The van der Waals surface area contributed by atoms with Gasteiger partial charge in [-0.3, -0.25) is 9.59 Å². The van der Waals surface area contributed by atoms with E-state index in [1.807, 2.05) is 0 Å². The maximum atomic E-state index is 12.7. The predicted molar refractivity (Wildman–Crippen MR) is 105 cm³/mol. The van der Waals surface area contributed by atoms with E-state index in [0.717, 1.165) is 19.3 Å². The predicted octanol–water partition coefficient (Wildman–Crippen LogP) is 2.87. The molecule has 28 heavy (non-hydrogen) atoms. The standard InChI is InChI=1S/C20H28N2O5S/c1-12-7-4-5-8-15(12)21-18(24)13(2)27-20(25)16-11-28-19(22(16)14(3)23)17-9-6-10-26-17/h6,9-10,12-13,15-16,19H,4-5,7-8,11H2,1-3H3,(H,21,24)/t12-,13+,15-,16-,19+/m0/s1. The normalized spacial score (nSPS) is 28.6. The van der Waals surface area contributed by atoms with Gasteiger partial charge >= 0.3 is 5.97 Å². The third-order valence-electron chi connectivity index (χ3n) is 5.52. The van der Waals surface area contributed by atoms with Gasteiger partial charge in [-0.2, -0.15) is 0 Å². The fourth-order valence-corrected chi connectivity index (χ4v) is 5.28. The van der Waals surface area contributed by atoms with Crippen LogP contribution in [0.2, 0.25) is 0 Å². The highest BCUT2D eigenvalue weighted by atomic mass is 32.2. The number of furan rings is 1. The molecular formula is C20H28N2O5S. The van der Waals surface area contributed by atoms with Gasteiger partial charge in [-0.25, -0.2) is 4.79 Å². The lowest BCUT2D eigenvalue weighted by molar-refractivity contribution is -0.161. The highest BCUT2D eigenvalue weighted by molar-refractivity contribution is 7.99. The Morgan fingerprint density at radius 2 is 2.07 bits per heavy atom. The van der Waals surface area contributed by atoms with Crippen molar-refractivity contribution in [2.45, 2.75) is 70.0 Å². The molecule has 1 aromatic rings. The molecule has 154 valence electrons. The number of nitrogens with zero attached hydrogens (tertiary/aromatic N) is 1. The molecule has 1 aliphatic heterocycles. The first-order chi connectivity index (χ1) is 13.4. The third-order valence-corrected chi connectivity index (χ3v) is 6.81. The maximum Gasteiger partial charge on any atom is 0.330 e. The van der Waals surface area contributed by atoms with Crippen molar-refractivity contribution in [1.29, 1.82) is 0 Å². The highest BCUT2D eigenvalue weighted by Gasteiger charge is 2.43. The molecule has 1 saturated carbocycles. The first-order valence-electron chi connectivity index (χ1n) is 9.83. The minimum atomic E-state index is -0.900. The van der Waals surface area contributed by atoms with E-state index in [9.17, 15) is 14.4 Å². The molecule has 2 fully saturated rings. The molecule has 1 aromatic heterocycles. The summed E-state index contributed by atoms with van der Waals surface area (Å²) in [6, 6.07) is 2.92. The van der Waals surface area contributed by atoms with Crippen LogP contribution in [0.5, 0.6) is 0 Å². The second-order valence-corrected chi connectivity index (χ2v) is 8.71. The molecule has 1 N–H and O–H groups in total. The van der Waals surface area contributed by atoms with E-state index in [1.165, 1.54) is 30.0 Å². The number of carbonyl (C=O) groups excluding carboxylic acids is 3. The zero-order valence-electron chi connectivity index (χ0n) is 16.6. The molecule has 0 bridgehead atoms. The Labute approximate surface area is 169 Å². The second-order valence-electron chi connectivity index (χ2n) is 7.60. The molecule has 5 atom stereocenters. The third kappa shape index (κ3) is 4.54. The van der Waals surface area contributed by atoms with E-state index >= 15 is 0 Å². The molecular weight excluding hydrogens is 380 g/mol. The fraction of sp³-hybridized carbons (Fsp3) is 0.650. The lowest BCUT2D eigenvalue weighted by Crippen LogP contribution is -2.48. The smallest absolute Gasteiger partial charge is 0.330 e. The molecule has 0 radical (unpaired) electrons. The SMILES string of the molecule is CC(=O)N1[C@@H](c2ccco2)SC[C@H]1C(=O)O[C@H](C)C(=O)N[C@H]1CCCC[C@@H]1C. The van der Waals surface area contributed by atoms with Crippen LogP contribution < -0.4 is 5.32 Å². The Morgan fingerprint density at radius 1 is 1.32 bits per heavy atom. The molecule has 2 aliphatic rings. The number of thioether (sulfide) groups is 1. The molecule has 2 amide bonds. The van der Waals surface area contributed by atoms with Crippen LogP contribution in [0.1, 0.15) is 57.6 Å². The number of rotatable bonds is 5. The van der Waals surface area contributed by atoms with Crippen molar-refractivity contribution >= 4 is 29.5 Å². The summed E-state index contributed by atoms with van der Waals surface area (Å²) in [4.78, 5) is 38.8. The largest absolute Gasteiger partial charge is 0.466 e. The van der Waals surface area contributed by atoms with Crippen molar-refractivity contribution in [3.05, 3.63) is 24.2 Å². The average Bonchev–Trinajstić information content (AvgIpc) is 3.32. The van der Waals surface area contributed by atoms with Gasteiger partial charge in [-0.05, 0) is 37.8 Å². The van der Waals surface area contributed by atoms with Crippen LogP contribution in [0.25, 0.3) is 0 Å². The lowest BCUT2D eigenvalue weighted by Gasteiger charge is -2.31. The lowest BCUT2D eigenvalue weighted by atomic mass is 9.86. The molecule has 0 unspecified atom stereocenters. The first-order valence-corrected chi connectivity index (χ1v) is 10.9.